The molecular formula is C18H19NO3. The lowest BCUT2D eigenvalue weighted by Crippen LogP contribution is -2.45. The Balaban J connectivity index is 1.83. The van der Waals surface area contributed by atoms with Crippen LogP contribution in [0.2, 0.25) is 0 Å². The van der Waals surface area contributed by atoms with Crippen molar-refractivity contribution < 1.29 is 14.7 Å². The average Bonchev–Trinajstić information content (AvgIpc) is 2.48. The molecule has 2 aromatic carbocycles. The molecule has 1 unspecified atom stereocenters. The molecule has 1 saturated carbocycles. The second-order valence-corrected chi connectivity index (χ2v) is 5.87. The van der Waals surface area contributed by atoms with Gasteiger partial charge in [0.25, 0.3) is 0 Å². The summed E-state index contributed by atoms with van der Waals surface area (Å²) < 4.78 is 0. The number of hydrogen-bond donors (Lipinski definition) is 2. The fourth-order valence-corrected chi connectivity index (χ4v) is 2.84. The van der Waals surface area contributed by atoms with E-state index in [1.165, 1.54) is 0 Å². The zero-order valence-electron chi connectivity index (χ0n) is 12.3. The number of carboxylic acid groups (broad SMARTS) is 1. The predicted molar refractivity (Wildman–Crippen MR) is 84.6 cm³/mol. The molecule has 3 rings (SSSR count). The number of amides is 1. The standard InChI is InChI=1S/C18H19NO3/c20-17(19-14-8-4-9-14)16(18(21)22)11-13-7-3-6-12-5-1-2-10-15(12)13/h1-3,5-7,10,14,16H,4,8-9,11H2,(H,19,20)(H,21,22). The van der Waals surface area contributed by atoms with E-state index in [1.807, 2.05) is 42.5 Å². The summed E-state index contributed by atoms with van der Waals surface area (Å²) in [6, 6.07) is 13.8. The summed E-state index contributed by atoms with van der Waals surface area (Å²) in [7, 11) is 0. The third-order valence-corrected chi connectivity index (χ3v) is 4.37. The zero-order chi connectivity index (χ0) is 15.5. The van der Waals surface area contributed by atoms with Gasteiger partial charge in [0.05, 0.1) is 0 Å². The number of carbonyl (C=O) groups excluding carboxylic acids is 1. The van der Waals surface area contributed by atoms with Gasteiger partial charge in [-0.15, -0.1) is 0 Å². The number of carboxylic acids is 1. The second kappa shape index (κ2) is 6.18. The van der Waals surface area contributed by atoms with Gasteiger partial charge in [-0.3, -0.25) is 9.59 Å². The van der Waals surface area contributed by atoms with Gasteiger partial charge >= 0.3 is 5.97 Å². The monoisotopic (exact) mass is 297 g/mol. The summed E-state index contributed by atoms with van der Waals surface area (Å²) >= 11 is 0. The smallest absolute Gasteiger partial charge is 0.316 e. The molecule has 22 heavy (non-hydrogen) atoms. The minimum absolute atomic E-state index is 0.155. The van der Waals surface area contributed by atoms with Crippen molar-refractivity contribution in [2.75, 3.05) is 0 Å². The highest BCUT2D eigenvalue weighted by atomic mass is 16.4. The van der Waals surface area contributed by atoms with Crippen LogP contribution in [0.1, 0.15) is 24.8 Å². The van der Waals surface area contributed by atoms with Crippen LogP contribution < -0.4 is 5.32 Å². The molecule has 114 valence electrons. The maximum Gasteiger partial charge on any atom is 0.316 e. The van der Waals surface area contributed by atoms with Crippen LogP contribution in [-0.4, -0.2) is 23.0 Å². The molecule has 0 saturated heterocycles. The Morgan fingerprint density at radius 3 is 2.55 bits per heavy atom. The first kappa shape index (κ1) is 14.6. The van der Waals surface area contributed by atoms with Gasteiger partial charge < -0.3 is 10.4 Å². The van der Waals surface area contributed by atoms with E-state index in [0.29, 0.717) is 0 Å². The summed E-state index contributed by atoms with van der Waals surface area (Å²) in [4.78, 5) is 23.7. The Hall–Kier alpha value is -2.36. The van der Waals surface area contributed by atoms with Crippen molar-refractivity contribution >= 4 is 22.6 Å². The molecule has 1 atom stereocenters. The molecule has 2 aromatic rings. The highest BCUT2D eigenvalue weighted by Crippen LogP contribution is 2.23. The number of nitrogens with one attached hydrogen (secondary N) is 1. The summed E-state index contributed by atoms with van der Waals surface area (Å²) in [5.41, 5.74) is 0.897. The first-order chi connectivity index (χ1) is 10.6. The predicted octanol–water partition coefficient (Wildman–Crippen LogP) is 2.75. The lowest BCUT2D eigenvalue weighted by molar-refractivity contribution is -0.147. The molecule has 0 aliphatic heterocycles. The fourth-order valence-electron chi connectivity index (χ4n) is 2.84. The maximum absolute atomic E-state index is 12.2. The molecule has 0 radical (unpaired) electrons. The zero-order valence-corrected chi connectivity index (χ0v) is 12.3. The summed E-state index contributed by atoms with van der Waals surface area (Å²) in [6.45, 7) is 0. The minimum atomic E-state index is -1.07. The van der Waals surface area contributed by atoms with Gasteiger partial charge in [-0.25, -0.2) is 0 Å². The van der Waals surface area contributed by atoms with E-state index in [2.05, 4.69) is 5.32 Å². The van der Waals surface area contributed by atoms with Crippen LogP contribution in [0.5, 0.6) is 0 Å². The van der Waals surface area contributed by atoms with E-state index in [9.17, 15) is 14.7 Å². The van der Waals surface area contributed by atoms with Crippen molar-refractivity contribution in [1.29, 1.82) is 0 Å². The van der Waals surface area contributed by atoms with Gasteiger partial charge in [0.15, 0.2) is 0 Å². The number of fused-ring (bicyclic) bond motifs is 1. The Labute approximate surface area is 129 Å². The molecule has 2 N–H and O–H groups in total. The van der Waals surface area contributed by atoms with Crippen LogP contribution in [0.3, 0.4) is 0 Å². The molecule has 0 heterocycles. The quantitative estimate of drug-likeness (QED) is 0.834. The molecule has 1 aliphatic rings. The average molecular weight is 297 g/mol. The molecule has 0 aromatic heterocycles. The lowest BCUT2D eigenvalue weighted by atomic mass is 9.90. The summed E-state index contributed by atoms with van der Waals surface area (Å²) in [5, 5.41) is 14.3. The van der Waals surface area contributed by atoms with Crippen molar-refractivity contribution in [1.82, 2.24) is 5.32 Å². The molecule has 0 spiro atoms. The molecule has 4 nitrogen and oxygen atoms in total. The number of carbonyl (C=O) groups is 2. The van der Waals surface area contributed by atoms with E-state index in [0.717, 1.165) is 35.6 Å². The minimum Gasteiger partial charge on any atom is -0.481 e. The number of benzene rings is 2. The van der Waals surface area contributed by atoms with Gasteiger partial charge in [-0.1, -0.05) is 42.5 Å². The fraction of sp³-hybridized carbons (Fsp3) is 0.333. The van der Waals surface area contributed by atoms with Gasteiger partial charge in [0, 0.05) is 6.04 Å². The Kier molecular flexibility index (Phi) is 4.09. The third kappa shape index (κ3) is 2.96. The highest BCUT2D eigenvalue weighted by molar-refractivity contribution is 5.98. The number of aliphatic carboxylic acids is 1. The molecule has 0 bridgehead atoms. The van der Waals surface area contributed by atoms with Crippen molar-refractivity contribution in [2.45, 2.75) is 31.7 Å². The van der Waals surface area contributed by atoms with Crippen molar-refractivity contribution in [3.8, 4) is 0 Å². The van der Waals surface area contributed by atoms with Crippen LogP contribution in [0.4, 0.5) is 0 Å². The van der Waals surface area contributed by atoms with Crippen LogP contribution in [0.25, 0.3) is 10.8 Å². The van der Waals surface area contributed by atoms with Gasteiger partial charge in [-0.2, -0.15) is 0 Å². The molecule has 1 amide bonds. The van der Waals surface area contributed by atoms with E-state index in [4.69, 9.17) is 0 Å². The van der Waals surface area contributed by atoms with Crippen LogP contribution in [0, 0.1) is 5.92 Å². The molecule has 1 fully saturated rings. The molecule has 4 heteroatoms. The second-order valence-electron chi connectivity index (χ2n) is 5.87. The number of hydrogen-bond acceptors (Lipinski definition) is 2. The SMILES string of the molecule is O=C(O)C(Cc1cccc2ccccc12)C(=O)NC1CCC1. The number of rotatable bonds is 5. The van der Waals surface area contributed by atoms with Crippen LogP contribution >= 0.6 is 0 Å². The Bertz CT molecular complexity index is 701. The lowest BCUT2D eigenvalue weighted by Gasteiger charge is -2.27. The largest absolute Gasteiger partial charge is 0.481 e. The Morgan fingerprint density at radius 1 is 1.14 bits per heavy atom. The molecule has 1 aliphatic carbocycles. The van der Waals surface area contributed by atoms with E-state index < -0.39 is 11.9 Å². The van der Waals surface area contributed by atoms with Crippen molar-refractivity contribution in [3.05, 3.63) is 48.0 Å². The first-order valence-corrected chi connectivity index (χ1v) is 7.65. The topological polar surface area (TPSA) is 66.4 Å². The van der Waals surface area contributed by atoms with Crippen molar-refractivity contribution in [2.24, 2.45) is 5.92 Å². The van der Waals surface area contributed by atoms with E-state index >= 15 is 0 Å². The van der Waals surface area contributed by atoms with Crippen LogP contribution in [-0.2, 0) is 16.0 Å². The summed E-state index contributed by atoms with van der Waals surface area (Å²) in [6.07, 6.45) is 3.22. The van der Waals surface area contributed by atoms with Gasteiger partial charge in [0.1, 0.15) is 5.92 Å². The van der Waals surface area contributed by atoms with E-state index in [1.54, 1.807) is 0 Å². The van der Waals surface area contributed by atoms with E-state index in [-0.39, 0.29) is 18.4 Å². The first-order valence-electron chi connectivity index (χ1n) is 7.65. The van der Waals surface area contributed by atoms with Gasteiger partial charge in [-0.05, 0) is 42.0 Å². The molecular weight excluding hydrogens is 278 g/mol. The normalized spacial score (nSPS) is 16.0. The van der Waals surface area contributed by atoms with Crippen LogP contribution in [0.15, 0.2) is 42.5 Å². The maximum atomic E-state index is 12.2. The van der Waals surface area contributed by atoms with Crippen molar-refractivity contribution in [3.63, 3.8) is 0 Å². The highest BCUT2D eigenvalue weighted by Gasteiger charge is 2.30. The Morgan fingerprint density at radius 2 is 1.86 bits per heavy atom. The third-order valence-electron chi connectivity index (χ3n) is 4.37. The summed E-state index contributed by atoms with van der Waals surface area (Å²) in [5.74, 6) is -2.47. The van der Waals surface area contributed by atoms with Gasteiger partial charge in [0.2, 0.25) is 5.91 Å².